The third-order valence-electron chi connectivity index (χ3n) is 7.86. The van der Waals surface area contributed by atoms with Gasteiger partial charge in [-0.3, -0.25) is 13.9 Å². The Labute approximate surface area is 271 Å². The van der Waals surface area contributed by atoms with E-state index in [4.69, 9.17) is 11.6 Å². The minimum atomic E-state index is -4.21. The van der Waals surface area contributed by atoms with E-state index >= 15 is 0 Å². The van der Waals surface area contributed by atoms with Gasteiger partial charge in [0.25, 0.3) is 10.0 Å². The molecule has 9 heteroatoms. The number of carbonyl (C=O) groups is 2. The molecule has 0 aliphatic heterocycles. The Balaban J connectivity index is 1.82. The highest BCUT2D eigenvalue weighted by Crippen LogP contribution is 2.31. The highest BCUT2D eigenvalue weighted by molar-refractivity contribution is 7.92. The quantitative estimate of drug-likeness (QED) is 0.175. The number of rotatable bonds is 13. The van der Waals surface area contributed by atoms with E-state index in [-0.39, 0.29) is 29.8 Å². The molecule has 1 N–H and O–H groups in total. The van der Waals surface area contributed by atoms with Gasteiger partial charge in [-0.2, -0.15) is 0 Å². The number of anilines is 1. The lowest BCUT2D eigenvalue weighted by Crippen LogP contribution is -2.54. The number of hydrogen-bond acceptors (Lipinski definition) is 4. The van der Waals surface area contributed by atoms with Gasteiger partial charge in [0.15, 0.2) is 0 Å². The Morgan fingerprint density at radius 3 is 2.02 bits per heavy atom. The number of carbonyl (C=O) groups excluding carboxylic acids is 2. The molecule has 236 valence electrons. The molecule has 0 heterocycles. The lowest BCUT2D eigenvalue weighted by atomic mass is 10.0. The number of aryl methyl sites for hydroxylation is 1. The van der Waals surface area contributed by atoms with E-state index in [1.165, 1.54) is 17.0 Å². The van der Waals surface area contributed by atoms with E-state index in [9.17, 15) is 18.0 Å². The summed E-state index contributed by atoms with van der Waals surface area (Å²) in [5.41, 5.74) is 3.41. The number of nitrogens with one attached hydrogen (secondary N) is 1. The number of sulfonamides is 1. The molecule has 45 heavy (non-hydrogen) atoms. The molecule has 7 nitrogen and oxygen atoms in total. The van der Waals surface area contributed by atoms with Crippen LogP contribution in [0.2, 0.25) is 5.02 Å². The fraction of sp³-hybridized carbons (Fsp3) is 0.278. The van der Waals surface area contributed by atoms with Crippen molar-refractivity contribution >= 4 is 39.1 Å². The lowest BCUT2D eigenvalue weighted by Gasteiger charge is -2.34. The van der Waals surface area contributed by atoms with E-state index in [2.05, 4.69) is 5.32 Å². The summed E-state index contributed by atoms with van der Waals surface area (Å²) in [5, 5.41) is 3.43. The predicted molar refractivity (Wildman–Crippen MR) is 181 cm³/mol. The van der Waals surface area contributed by atoms with Gasteiger partial charge in [-0.25, -0.2) is 8.42 Å². The van der Waals surface area contributed by atoms with Gasteiger partial charge in [0, 0.05) is 24.0 Å². The second-order valence-electron chi connectivity index (χ2n) is 11.2. The molecule has 4 aromatic carbocycles. The van der Waals surface area contributed by atoms with Crippen LogP contribution < -0.4 is 9.62 Å². The number of amides is 2. The maximum absolute atomic E-state index is 14.6. The zero-order chi connectivity index (χ0) is 32.6. The molecule has 0 saturated heterocycles. The van der Waals surface area contributed by atoms with E-state index in [0.717, 1.165) is 21.0 Å². The van der Waals surface area contributed by atoms with Crippen molar-refractivity contribution in [1.82, 2.24) is 10.2 Å². The van der Waals surface area contributed by atoms with Crippen LogP contribution in [0.5, 0.6) is 0 Å². The summed E-state index contributed by atoms with van der Waals surface area (Å²) in [6.07, 6.45) is 0.968. The van der Waals surface area contributed by atoms with Crippen LogP contribution in [0.15, 0.2) is 108 Å². The highest BCUT2D eigenvalue weighted by atomic mass is 35.5. The summed E-state index contributed by atoms with van der Waals surface area (Å²) in [6, 6.07) is 29.3. The first-order valence-electron chi connectivity index (χ1n) is 15.0. The van der Waals surface area contributed by atoms with Gasteiger partial charge in [-0.15, -0.1) is 0 Å². The molecular weight excluding hydrogens is 606 g/mol. The standard InChI is InChI=1S/C36H40ClN3O4S/c1-5-27(3)38-36(42)34(23-29-13-8-6-9-14-29)39(24-30-15-10-7-11-16-30)35(41)25-40(33-18-12-17-32(37)28(33)4)45(43,44)31-21-19-26(2)20-22-31/h6-22,27,34H,5,23-25H2,1-4H3,(H,38,42)/t27-,34+/m1/s1. The number of benzene rings is 4. The second-order valence-corrected chi connectivity index (χ2v) is 13.5. The van der Waals surface area contributed by atoms with Crippen LogP contribution >= 0.6 is 11.6 Å². The average molecular weight is 646 g/mol. The fourth-order valence-corrected chi connectivity index (χ4v) is 6.63. The minimum absolute atomic E-state index is 0.0465. The first kappa shape index (κ1) is 33.7. The molecular formula is C36H40ClN3O4S. The van der Waals surface area contributed by atoms with Gasteiger partial charge < -0.3 is 10.2 Å². The van der Waals surface area contributed by atoms with E-state index in [1.807, 2.05) is 81.4 Å². The van der Waals surface area contributed by atoms with Crippen molar-refractivity contribution in [3.8, 4) is 0 Å². The van der Waals surface area contributed by atoms with Crippen molar-refractivity contribution in [2.45, 2.75) is 64.1 Å². The van der Waals surface area contributed by atoms with Crippen molar-refractivity contribution in [1.29, 1.82) is 0 Å². The Kier molecular flexibility index (Phi) is 11.4. The van der Waals surface area contributed by atoms with E-state index in [1.54, 1.807) is 37.3 Å². The molecule has 0 unspecified atom stereocenters. The van der Waals surface area contributed by atoms with Gasteiger partial charge in [0.05, 0.1) is 10.6 Å². The Hall–Kier alpha value is -4.14. The van der Waals surface area contributed by atoms with Crippen LogP contribution in [0.4, 0.5) is 5.69 Å². The number of halogens is 1. The Bertz CT molecular complexity index is 1700. The zero-order valence-electron chi connectivity index (χ0n) is 26.1. The SMILES string of the molecule is CC[C@@H](C)NC(=O)[C@H](Cc1ccccc1)N(Cc1ccccc1)C(=O)CN(c1cccc(Cl)c1C)S(=O)(=O)c1ccc(C)cc1. The Morgan fingerprint density at radius 1 is 0.822 bits per heavy atom. The molecule has 4 rings (SSSR count). The summed E-state index contributed by atoms with van der Waals surface area (Å²) in [7, 11) is -4.21. The van der Waals surface area contributed by atoms with Crippen LogP contribution in [-0.4, -0.2) is 43.8 Å². The van der Waals surface area contributed by atoms with Crippen molar-refractivity contribution in [2.75, 3.05) is 10.8 Å². The van der Waals surface area contributed by atoms with Gasteiger partial charge in [-0.1, -0.05) is 103 Å². The molecule has 0 aliphatic rings. The number of hydrogen-bond donors (Lipinski definition) is 1. The largest absolute Gasteiger partial charge is 0.352 e. The second kappa shape index (κ2) is 15.2. The molecule has 0 saturated carbocycles. The van der Waals surface area contributed by atoms with Gasteiger partial charge in [0.1, 0.15) is 12.6 Å². The zero-order valence-corrected chi connectivity index (χ0v) is 27.7. The van der Waals surface area contributed by atoms with Gasteiger partial charge in [-0.05, 0) is 68.1 Å². The maximum Gasteiger partial charge on any atom is 0.264 e. The molecule has 0 bridgehead atoms. The average Bonchev–Trinajstić information content (AvgIpc) is 3.04. The topological polar surface area (TPSA) is 86.8 Å². The van der Waals surface area contributed by atoms with Crippen molar-refractivity contribution < 1.29 is 18.0 Å². The van der Waals surface area contributed by atoms with Crippen molar-refractivity contribution in [2.24, 2.45) is 0 Å². The summed E-state index contributed by atoms with van der Waals surface area (Å²) in [4.78, 5) is 30.0. The van der Waals surface area contributed by atoms with E-state index < -0.39 is 28.5 Å². The molecule has 0 fully saturated rings. The van der Waals surface area contributed by atoms with Crippen LogP contribution in [0.25, 0.3) is 0 Å². The molecule has 0 aromatic heterocycles. The molecule has 2 amide bonds. The normalized spacial score (nSPS) is 12.6. The first-order valence-corrected chi connectivity index (χ1v) is 16.8. The third-order valence-corrected chi connectivity index (χ3v) is 10.0. The number of nitrogens with zero attached hydrogens (tertiary/aromatic N) is 2. The summed E-state index contributed by atoms with van der Waals surface area (Å²) in [5.74, 6) is -0.821. The van der Waals surface area contributed by atoms with Gasteiger partial charge >= 0.3 is 0 Å². The summed E-state index contributed by atoms with van der Waals surface area (Å²) in [6.45, 7) is 7.06. The van der Waals surface area contributed by atoms with Crippen LogP contribution in [0.3, 0.4) is 0 Å². The first-order chi connectivity index (χ1) is 21.5. The monoisotopic (exact) mass is 645 g/mol. The lowest BCUT2D eigenvalue weighted by molar-refractivity contribution is -0.140. The van der Waals surface area contributed by atoms with Crippen molar-refractivity contribution in [3.05, 3.63) is 130 Å². The third kappa shape index (κ3) is 8.53. The fourth-order valence-electron chi connectivity index (χ4n) is 4.99. The molecule has 0 spiro atoms. The molecule has 4 aromatic rings. The molecule has 0 aliphatic carbocycles. The van der Waals surface area contributed by atoms with Crippen LogP contribution in [-0.2, 0) is 32.6 Å². The molecule has 2 atom stereocenters. The highest BCUT2D eigenvalue weighted by Gasteiger charge is 2.35. The molecule has 0 radical (unpaired) electrons. The van der Waals surface area contributed by atoms with Crippen molar-refractivity contribution in [3.63, 3.8) is 0 Å². The maximum atomic E-state index is 14.6. The smallest absolute Gasteiger partial charge is 0.264 e. The minimum Gasteiger partial charge on any atom is -0.352 e. The van der Waals surface area contributed by atoms with Crippen LogP contribution in [0.1, 0.15) is 42.5 Å². The summed E-state index contributed by atoms with van der Waals surface area (Å²) < 4.78 is 29.6. The van der Waals surface area contributed by atoms with E-state index in [0.29, 0.717) is 22.7 Å². The predicted octanol–water partition coefficient (Wildman–Crippen LogP) is 6.71. The van der Waals surface area contributed by atoms with Gasteiger partial charge in [0.2, 0.25) is 11.8 Å². The Morgan fingerprint density at radius 2 is 1.42 bits per heavy atom. The summed E-state index contributed by atoms with van der Waals surface area (Å²) >= 11 is 6.46. The van der Waals surface area contributed by atoms with Crippen LogP contribution in [0, 0.1) is 13.8 Å².